The second kappa shape index (κ2) is 6.25. The fourth-order valence-electron chi connectivity index (χ4n) is 1.21. The number of hydrogen-bond donors (Lipinski definition) is 2. The van der Waals surface area contributed by atoms with Gasteiger partial charge in [0, 0.05) is 0 Å². The minimum absolute atomic E-state index is 0.142. The van der Waals surface area contributed by atoms with E-state index in [1.165, 1.54) is 0 Å². The Balaban J connectivity index is 2.60. The van der Waals surface area contributed by atoms with E-state index in [-0.39, 0.29) is 5.06 Å². The monoisotopic (exact) mass is 331 g/mol. The number of carbonyl (C=O) groups is 3. The summed E-state index contributed by atoms with van der Waals surface area (Å²) in [5.74, 6) is -2.99. The standard InChI is InChI=1S/C7H9NO10S2/c9-5-3-4(20(14,15)16)6(10)8(5)18-7(11)17-1-2-19(12)13/h4H,1-3H2,(H,12,13)(H,14,15,16). The molecule has 1 rings (SSSR count). The van der Waals surface area contributed by atoms with Crippen molar-refractivity contribution in [2.24, 2.45) is 0 Å². The molecule has 0 aromatic rings. The van der Waals surface area contributed by atoms with Crippen molar-refractivity contribution in [3.8, 4) is 0 Å². The largest absolute Gasteiger partial charge is 0.533 e. The molecular weight excluding hydrogens is 322 g/mol. The van der Waals surface area contributed by atoms with E-state index in [0.29, 0.717) is 0 Å². The lowest BCUT2D eigenvalue weighted by Gasteiger charge is -2.12. The van der Waals surface area contributed by atoms with E-state index in [1.807, 2.05) is 0 Å². The Morgan fingerprint density at radius 1 is 1.45 bits per heavy atom. The Hall–Kier alpha value is -1.57. The van der Waals surface area contributed by atoms with Gasteiger partial charge in [-0.15, -0.1) is 0 Å². The average molecular weight is 331 g/mol. The molecule has 0 aromatic carbocycles. The zero-order chi connectivity index (χ0) is 15.5. The van der Waals surface area contributed by atoms with Crippen LogP contribution in [0.5, 0.6) is 0 Å². The topological polar surface area (TPSA) is 165 Å². The van der Waals surface area contributed by atoms with Crippen LogP contribution in [0.25, 0.3) is 0 Å². The molecule has 0 radical (unpaired) electrons. The highest BCUT2D eigenvalue weighted by molar-refractivity contribution is 7.87. The molecule has 0 spiro atoms. The van der Waals surface area contributed by atoms with Gasteiger partial charge in [-0.2, -0.15) is 8.42 Å². The average Bonchev–Trinajstić information content (AvgIpc) is 2.56. The molecule has 0 saturated carbocycles. The first-order chi connectivity index (χ1) is 9.12. The maximum Gasteiger partial charge on any atom is 0.533 e. The number of imide groups is 1. The molecule has 1 fully saturated rings. The maximum absolute atomic E-state index is 11.4. The summed E-state index contributed by atoms with van der Waals surface area (Å²) in [4.78, 5) is 37.9. The van der Waals surface area contributed by atoms with Gasteiger partial charge in [0.15, 0.2) is 16.3 Å². The van der Waals surface area contributed by atoms with E-state index in [4.69, 9.17) is 9.11 Å². The van der Waals surface area contributed by atoms with Gasteiger partial charge in [-0.05, 0) is 0 Å². The van der Waals surface area contributed by atoms with Gasteiger partial charge in [-0.25, -0.2) is 9.00 Å². The summed E-state index contributed by atoms with van der Waals surface area (Å²) in [6.45, 7) is -0.514. The quantitative estimate of drug-likeness (QED) is 0.256. The van der Waals surface area contributed by atoms with E-state index in [1.54, 1.807) is 0 Å². The van der Waals surface area contributed by atoms with Gasteiger partial charge in [0.25, 0.3) is 21.9 Å². The van der Waals surface area contributed by atoms with E-state index in [9.17, 15) is 27.0 Å². The van der Waals surface area contributed by atoms with E-state index in [0.717, 1.165) is 0 Å². The van der Waals surface area contributed by atoms with Gasteiger partial charge in [0.1, 0.15) is 6.61 Å². The Morgan fingerprint density at radius 2 is 2.05 bits per heavy atom. The van der Waals surface area contributed by atoms with Gasteiger partial charge in [0.2, 0.25) is 0 Å². The number of ether oxygens (including phenoxy) is 1. The van der Waals surface area contributed by atoms with Crippen LogP contribution in [0.1, 0.15) is 6.42 Å². The van der Waals surface area contributed by atoms with Crippen LogP contribution in [0.15, 0.2) is 0 Å². The first-order valence-corrected chi connectivity index (χ1v) is 7.66. The highest BCUT2D eigenvalue weighted by atomic mass is 32.2. The Labute approximate surface area is 114 Å². The SMILES string of the molecule is O=C(OCCS(=O)O)ON1C(=O)CC(S(=O)(=O)O)C1=O. The summed E-state index contributed by atoms with van der Waals surface area (Å²) in [6, 6.07) is 0. The van der Waals surface area contributed by atoms with Crippen molar-refractivity contribution >= 4 is 39.2 Å². The fraction of sp³-hybridized carbons (Fsp3) is 0.571. The third-order valence-electron chi connectivity index (χ3n) is 2.07. The molecule has 20 heavy (non-hydrogen) atoms. The van der Waals surface area contributed by atoms with Gasteiger partial charge in [-0.1, -0.05) is 5.06 Å². The second-order valence-electron chi connectivity index (χ2n) is 3.45. The predicted octanol–water partition coefficient (Wildman–Crippen LogP) is -1.71. The Morgan fingerprint density at radius 3 is 2.50 bits per heavy atom. The van der Waals surface area contributed by atoms with Crippen LogP contribution in [-0.2, 0) is 40.4 Å². The Bertz CT molecular complexity index is 554. The molecule has 13 heteroatoms. The van der Waals surface area contributed by atoms with Gasteiger partial charge in [-0.3, -0.25) is 19.0 Å². The summed E-state index contributed by atoms with van der Waals surface area (Å²) in [5, 5.41) is -2.18. The van der Waals surface area contributed by atoms with E-state index < -0.39 is 63.2 Å². The number of amides is 2. The predicted molar refractivity (Wildman–Crippen MR) is 59.9 cm³/mol. The summed E-state index contributed by atoms with van der Waals surface area (Å²) in [6.07, 6.45) is -2.40. The summed E-state index contributed by atoms with van der Waals surface area (Å²) < 4.78 is 53.2. The Kier molecular flexibility index (Phi) is 5.15. The normalized spacial score (nSPS) is 20.9. The van der Waals surface area contributed by atoms with Crippen LogP contribution in [0, 0.1) is 0 Å². The number of hydrogen-bond acceptors (Lipinski definition) is 8. The molecule has 1 heterocycles. The zero-order valence-electron chi connectivity index (χ0n) is 9.62. The highest BCUT2D eigenvalue weighted by Crippen LogP contribution is 2.19. The number of hydroxylamine groups is 2. The molecular formula is C7H9NO10S2. The lowest BCUT2D eigenvalue weighted by atomic mass is 10.4. The van der Waals surface area contributed by atoms with Crippen LogP contribution in [0.3, 0.4) is 0 Å². The van der Waals surface area contributed by atoms with Gasteiger partial charge < -0.3 is 9.29 Å². The molecule has 114 valence electrons. The lowest BCUT2D eigenvalue weighted by molar-refractivity contribution is -0.176. The summed E-state index contributed by atoms with van der Waals surface area (Å²) >= 11 is -2.21. The molecule has 2 unspecified atom stereocenters. The molecule has 1 saturated heterocycles. The molecule has 1 aliphatic rings. The minimum Gasteiger partial charge on any atom is -0.432 e. The number of nitrogens with zero attached hydrogens (tertiary/aromatic N) is 1. The van der Waals surface area contributed by atoms with Gasteiger partial charge >= 0.3 is 6.16 Å². The number of carbonyl (C=O) groups excluding carboxylic acids is 3. The van der Waals surface area contributed by atoms with Crippen LogP contribution >= 0.6 is 0 Å². The second-order valence-corrected chi connectivity index (χ2v) is 6.10. The van der Waals surface area contributed by atoms with Crippen molar-refractivity contribution in [2.45, 2.75) is 11.7 Å². The molecule has 0 bridgehead atoms. The van der Waals surface area contributed by atoms with Crippen molar-refractivity contribution in [2.75, 3.05) is 12.4 Å². The molecule has 1 aliphatic heterocycles. The van der Waals surface area contributed by atoms with Crippen molar-refractivity contribution in [1.82, 2.24) is 5.06 Å². The zero-order valence-corrected chi connectivity index (χ0v) is 11.3. The van der Waals surface area contributed by atoms with E-state index in [2.05, 4.69) is 9.57 Å². The van der Waals surface area contributed by atoms with E-state index >= 15 is 0 Å². The molecule has 0 aromatic heterocycles. The molecule has 2 atom stereocenters. The molecule has 2 amide bonds. The molecule has 2 N–H and O–H groups in total. The van der Waals surface area contributed by atoms with Crippen molar-refractivity contribution in [3.05, 3.63) is 0 Å². The summed E-state index contributed by atoms with van der Waals surface area (Å²) in [5.41, 5.74) is 0. The minimum atomic E-state index is -4.80. The van der Waals surface area contributed by atoms with Crippen LogP contribution in [-0.4, -0.2) is 62.4 Å². The first kappa shape index (κ1) is 16.5. The maximum atomic E-state index is 11.4. The molecule has 0 aliphatic carbocycles. The van der Waals surface area contributed by atoms with Crippen LogP contribution in [0.4, 0.5) is 4.79 Å². The fourth-order valence-corrected chi connectivity index (χ4v) is 2.14. The van der Waals surface area contributed by atoms with Crippen molar-refractivity contribution in [3.63, 3.8) is 0 Å². The van der Waals surface area contributed by atoms with Crippen LogP contribution < -0.4 is 0 Å². The van der Waals surface area contributed by atoms with Crippen LogP contribution in [0.2, 0.25) is 0 Å². The highest BCUT2D eigenvalue weighted by Gasteiger charge is 2.48. The third kappa shape index (κ3) is 4.22. The smallest absolute Gasteiger partial charge is 0.432 e. The number of rotatable bonds is 5. The van der Waals surface area contributed by atoms with Crippen molar-refractivity contribution in [1.29, 1.82) is 0 Å². The van der Waals surface area contributed by atoms with Gasteiger partial charge in [0.05, 0.1) is 12.2 Å². The third-order valence-corrected chi connectivity index (χ3v) is 3.67. The summed E-state index contributed by atoms with van der Waals surface area (Å²) in [7, 11) is -4.80. The molecule has 11 nitrogen and oxygen atoms in total. The lowest BCUT2D eigenvalue weighted by Crippen LogP contribution is -2.37. The first-order valence-electron chi connectivity index (χ1n) is 4.88. The van der Waals surface area contributed by atoms with Crippen molar-refractivity contribution < 1.29 is 45.7 Å².